The second kappa shape index (κ2) is 6.52. The van der Waals surface area contributed by atoms with E-state index >= 15 is 0 Å². The first-order valence-corrected chi connectivity index (χ1v) is 3.69. The quantitative estimate of drug-likeness (QED) is 0.248. The van der Waals surface area contributed by atoms with E-state index in [9.17, 15) is 0 Å². The molecule has 0 aromatic heterocycles. The van der Waals surface area contributed by atoms with E-state index in [0.29, 0.717) is 7.42 Å². The van der Waals surface area contributed by atoms with Crippen LogP contribution in [0.3, 0.4) is 0 Å². The minimum Gasteiger partial charge on any atom is -1.00 e. The highest BCUT2D eigenvalue weighted by molar-refractivity contribution is 14.1. The Morgan fingerprint density at radius 2 is 1.88 bits per heavy atom. The van der Waals surface area contributed by atoms with Crippen LogP contribution in [0.1, 0.15) is 0 Å². The fourth-order valence-corrected chi connectivity index (χ4v) is 1.40. The third-order valence-electron chi connectivity index (χ3n) is 0.276. The summed E-state index contributed by atoms with van der Waals surface area (Å²) in [5.41, 5.74) is 5.24. The fraction of sp³-hybridized carbons (Fsp3) is 0. The zero-order valence-electron chi connectivity index (χ0n) is 3.87. The number of allylic oxidation sites excluding steroid dienone is 1. The summed E-state index contributed by atoms with van der Waals surface area (Å²) in [6.07, 6.45) is 1.70. The zero-order valence-corrected chi connectivity index (χ0v) is 10.3. The van der Waals surface area contributed by atoms with Crippen molar-refractivity contribution in [2.24, 2.45) is 5.73 Å². The molecule has 0 saturated carbocycles. The lowest BCUT2D eigenvalue weighted by Crippen LogP contribution is -3.00. The van der Waals surface area contributed by atoms with Crippen molar-refractivity contribution >= 4 is 48.9 Å². The van der Waals surface area contributed by atoms with Crippen molar-refractivity contribution in [3.63, 3.8) is 0 Å². The van der Waals surface area contributed by atoms with Gasteiger partial charge in [-0.2, -0.15) is 0 Å². The third kappa shape index (κ3) is 10.4. The molecule has 5 heteroatoms. The lowest BCUT2D eigenvalue weighted by atomic mass is 10.7. The van der Waals surface area contributed by atoms with Gasteiger partial charge < -0.3 is 29.7 Å². The number of rotatable bonds is 1. The van der Waals surface area contributed by atoms with Crippen LogP contribution in [0.5, 0.6) is 0 Å². The molecular weight excluding hydrogens is 445 g/mol. The zero-order chi connectivity index (χ0) is 5.86. The van der Waals surface area contributed by atoms with Crippen LogP contribution in [0.4, 0.5) is 0 Å². The number of halogens is 3. The van der Waals surface area contributed by atoms with E-state index in [0.717, 1.165) is 0 Å². The topological polar surface area (TPSA) is 51.6 Å². The summed E-state index contributed by atoms with van der Waals surface area (Å²) in [5.74, 6) is 0. The molecule has 0 unspecified atom stereocenters. The highest BCUT2D eigenvalue weighted by Crippen LogP contribution is 1.96. The summed E-state index contributed by atoms with van der Waals surface area (Å²) >= 11 is 3.98. The molecule has 48 valence electrons. The highest BCUT2D eigenvalue weighted by Gasteiger charge is 1.86. The molecule has 0 aromatic rings. The largest absolute Gasteiger partial charge is 1.00 e. The van der Waals surface area contributed by atoms with Crippen molar-refractivity contribution < 1.29 is 29.4 Å². The maximum atomic E-state index is 5.24. The second-order valence-corrected chi connectivity index (χ2v) is 3.41. The molecule has 0 aliphatic carbocycles. The molecule has 0 saturated heterocycles. The van der Waals surface area contributed by atoms with Gasteiger partial charge >= 0.3 is 0 Å². The van der Waals surface area contributed by atoms with E-state index < -0.39 is 0 Å². The third-order valence-corrected chi connectivity index (χ3v) is 0.899. The Hall–Kier alpha value is 1.40. The lowest BCUT2D eigenvalue weighted by Gasteiger charge is -1.77. The van der Waals surface area contributed by atoms with Gasteiger partial charge in [-0.3, -0.25) is 0 Å². The van der Waals surface area contributed by atoms with Crippen molar-refractivity contribution in [2.75, 3.05) is 0 Å². The van der Waals surface area contributed by atoms with Gasteiger partial charge in [-0.1, -0.05) is 0 Å². The van der Waals surface area contributed by atoms with Crippen molar-refractivity contribution in [1.29, 1.82) is 0 Å². The normalized spacial score (nSPS) is 10.0. The van der Waals surface area contributed by atoms with Crippen molar-refractivity contribution in [1.82, 2.24) is 0 Å². The molecule has 0 heterocycles. The Morgan fingerprint density at radius 1 is 1.50 bits per heavy atom. The average Bonchev–Trinajstić information content (AvgIpc) is 1.27. The SMILES string of the molecule is N/C(I)=C/C(=[NH2+])I.[I-]. The van der Waals surface area contributed by atoms with Crippen LogP contribution in [-0.2, 0) is 0 Å². The predicted octanol–water partition coefficient (Wildman–Crippen LogP) is -3.18. The number of hydrogen-bond donors (Lipinski definition) is 2. The Kier molecular flexibility index (Phi) is 9.87. The Labute approximate surface area is 92.5 Å². The number of nitrogens with two attached hydrogens (primary N) is 2. The summed E-state index contributed by atoms with van der Waals surface area (Å²) < 4.78 is 1.43. The molecule has 0 aliphatic heterocycles. The molecule has 8 heavy (non-hydrogen) atoms. The van der Waals surface area contributed by atoms with Gasteiger partial charge in [-0.15, -0.1) is 0 Å². The number of hydrogen-bond acceptors (Lipinski definition) is 1. The first kappa shape index (κ1) is 12.1. The lowest BCUT2D eigenvalue weighted by molar-refractivity contribution is -0.105. The van der Waals surface area contributed by atoms with Gasteiger partial charge in [0, 0.05) is 28.7 Å². The highest BCUT2D eigenvalue weighted by atomic mass is 127. The maximum Gasteiger partial charge on any atom is 0.235 e. The van der Waals surface area contributed by atoms with E-state index in [4.69, 9.17) is 11.1 Å². The minimum absolute atomic E-state index is 0. The summed E-state index contributed by atoms with van der Waals surface area (Å²) in [4.78, 5) is 0. The van der Waals surface area contributed by atoms with E-state index in [1.807, 2.05) is 45.2 Å². The predicted molar refractivity (Wildman–Crippen MR) is 47.2 cm³/mol. The molecule has 2 nitrogen and oxygen atoms in total. The molecule has 0 aliphatic rings. The Morgan fingerprint density at radius 3 is 1.88 bits per heavy atom. The van der Waals surface area contributed by atoms with Crippen LogP contribution >= 0.6 is 45.2 Å². The minimum atomic E-state index is 0. The first-order valence-electron chi connectivity index (χ1n) is 1.53. The van der Waals surface area contributed by atoms with Crippen molar-refractivity contribution in [3.05, 3.63) is 9.78 Å². The Bertz CT molecular complexity index is 105. The molecule has 0 atom stereocenters. The van der Waals surface area contributed by atoms with Gasteiger partial charge in [0.15, 0.2) is 0 Å². The molecule has 0 amide bonds. The molecule has 0 spiro atoms. The van der Waals surface area contributed by atoms with Crippen LogP contribution in [-0.4, -0.2) is 3.72 Å². The van der Waals surface area contributed by atoms with Gasteiger partial charge in [0.05, 0.1) is 3.70 Å². The second-order valence-electron chi connectivity index (χ2n) is 0.914. The summed E-state index contributed by atoms with van der Waals surface area (Å²) in [6, 6.07) is 0. The molecule has 0 fully saturated rings. The van der Waals surface area contributed by atoms with Crippen LogP contribution in [0.25, 0.3) is 0 Å². The van der Waals surface area contributed by atoms with Crippen LogP contribution < -0.4 is 35.1 Å². The smallest absolute Gasteiger partial charge is 0.235 e. The van der Waals surface area contributed by atoms with Crippen molar-refractivity contribution in [2.45, 2.75) is 0 Å². The molecular formula is C3H5I3N2. The van der Waals surface area contributed by atoms with Gasteiger partial charge in [0.1, 0.15) is 0 Å². The maximum absolute atomic E-state index is 5.24. The fourth-order valence-electron chi connectivity index (χ4n) is 0.132. The standard InChI is InChI=1S/C3H4I2N2.HI/c4-2(6)1-3(5)7;/h1,6H,7H2;1H/b3-1+,6-2?;. The van der Waals surface area contributed by atoms with Crippen LogP contribution in [0, 0.1) is 0 Å². The molecule has 0 radical (unpaired) electrons. The average molecular weight is 450 g/mol. The van der Waals surface area contributed by atoms with E-state index in [1.165, 1.54) is 0 Å². The molecule has 0 bridgehead atoms. The van der Waals surface area contributed by atoms with E-state index in [1.54, 1.807) is 6.08 Å². The van der Waals surface area contributed by atoms with Gasteiger partial charge in [0.25, 0.3) is 0 Å². The Balaban J connectivity index is 0. The van der Waals surface area contributed by atoms with E-state index in [-0.39, 0.29) is 24.0 Å². The van der Waals surface area contributed by atoms with Crippen LogP contribution in [0.2, 0.25) is 0 Å². The van der Waals surface area contributed by atoms with Crippen molar-refractivity contribution in [3.8, 4) is 0 Å². The molecule has 0 aromatic carbocycles. The van der Waals surface area contributed by atoms with Gasteiger partial charge in [-0.25, -0.2) is 5.41 Å². The summed E-state index contributed by atoms with van der Waals surface area (Å²) in [5, 5.41) is 5.24. The van der Waals surface area contributed by atoms with E-state index in [2.05, 4.69) is 0 Å². The monoisotopic (exact) mass is 450 g/mol. The van der Waals surface area contributed by atoms with Gasteiger partial charge in [0.2, 0.25) is 3.72 Å². The van der Waals surface area contributed by atoms with Crippen LogP contribution in [0.15, 0.2) is 9.78 Å². The molecule has 0 rings (SSSR count). The molecule has 4 N–H and O–H groups in total. The summed E-state index contributed by atoms with van der Waals surface area (Å²) in [6.45, 7) is 0. The summed E-state index contributed by atoms with van der Waals surface area (Å²) in [7, 11) is 0. The van der Waals surface area contributed by atoms with Gasteiger partial charge in [-0.05, 0) is 22.6 Å². The first-order chi connectivity index (χ1) is 3.13.